The van der Waals surface area contributed by atoms with Crippen molar-refractivity contribution in [1.82, 2.24) is 4.90 Å². The fourth-order valence-corrected chi connectivity index (χ4v) is 3.46. The Bertz CT molecular complexity index is 761. The molecule has 6 heteroatoms. The molecule has 2 aromatic rings. The zero-order valence-corrected chi connectivity index (χ0v) is 16.7. The van der Waals surface area contributed by atoms with E-state index in [-0.39, 0.29) is 17.1 Å². The minimum absolute atomic E-state index is 0.0797. The van der Waals surface area contributed by atoms with Crippen LogP contribution in [0.4, 0.5) is 5.69 Å². The first kappa shape index (κ1) is 20.3. The number of para-hydroxylation sites is 1. The molecule has 0 aromatic heterocycles. The molecule has 1 unspecified atom stereocenters. The molecule has 0 saturated carbocycles. The van der Waals surface area contributed by atoms with Gasteiger partial charge in [0, 0.05) is 23.0 Å². The number of hydrogen-bond acceptors (Lipinski definition) is 3. The van der Waals surface area contributed by atoms with Crippen LogP contribution in [-0.2, 0) is 4.79 Å². The lowest BCUT2D eigenvalue weighted by atomic mass is 10.1. The summed E-state index contributed by atoms with van der Waals surface area (Å²) in [7, 11) is 0. The second-order valence-electron chi connectivity index (χ2n) is 5.73. The van der Waals surface area contributed by atoms with Crippen molar-refractivity contribution < 1.29 is 9.59 Å². The van der Waals surface area contributed by atoms with Crippen LogP contribution < -0.4 is 5.32 Å². The van der Waals surface area contributed by atoms with Gasteiger partial charge >= 0.3 is 0 Å². The Kier molecular flexibility index (Phi) is 7.54. The van der Waals surface area contributed by atoms with E-state index < -0.39 is 0 Å². The average molecular weight is 391 g/mol. The van der Waals surface area contributed by atoms with Crippen LogP contribution >= 0.6 is 23.4 Å². The van der Waals surface area contributed by atoms with Crippen LogP contribution in [0.2, 0.25) is 5.02 Å². The van der Waals surface area contributed by atoms with Crippen molar-refractivity contribution in [2.75, 3.05) is 18.4 Å². The fraction of sp³-hybridized carbons (Fsp3) is 0.300. The zero-order chi connectivity index (χ0) is 19.1. The normalized spacial score (nSPS) is 11.7. The molecule has 0 fully saturated rings. The first-order valence-corrected chi connectivity index (χ1v) is 9.83. The lowest BCUT2D eigenvalue weighted by molar-refractivity contribution is -0.115. The van der Waals surface area contributed by atoms with E-state index in [4.69, 9.17) is 11.6 Å². The Hall–Kier alpha value is -1.98. The number of carbonyl (C=O) groups excluding carboxylic acids is 2. The van der Waals surface area contributed by atoms with Gasteiger partial charge in [-0.15, -0.1) is 11.8 Å². The summed E-state index contributed by atoms with van der Waals surface area (Å²) in [6, 6.07) is 14.5. The molecule has 0 saturated heterocycles. The highest BCUT2D eigenvalue weighted by Gasteiger charge is 2.20. The molecule has 2 aromatic carbocycles. The maximum absolute atomic E-state index is 12.7. The molecule has 0 aliphatic carbocycles. The van der Waals surface area contributed by atoms with E-state index in [1.54, 1.807) is 35.2 Å². The van der Waals surface area contributed by atoms with E-state index in [1.165, 1.54) is 11.8 Å². The van der Waals surface area contributed by atoms with Gasteiger partial charge in [-0.3, -0.25) is 9.59 Å². The summed E-state index contributed by atoms with van der Waals surface area (Å²) in [4.78, 5) is 27.9. The molecular formula is C20H23ClN2O2S. The van der Waals surface area contributed by atoms with E-state index in [9.17, 15) is 9.59 Å². The third-order valence-corrected chi connectivity index (χ3v) is 5.33. The van der Waals surface area contributed by atoms with Crippen molar-refractivity contribution in [2.24, 2.45) is 0 Å². The number of thioether (sulfide) groups is 1. The van der Waals surface area contributed by atoms with Crippen molar-refractivity contribution in [1.29, 1.82) is 0 Å². The second kappa shape index (κ2) is 9.64. The topological polar surface area (TPSA) is 49.4 Å². The Morgan fingerprint density at radius 1 is 1.08 bits per heavy atom. The molecule has 0 heterocycles. The number of benzene rings is 2. The molecule has 0 aliphatic heterocycles. The number of carbonyl (C=O) groups is 2. The Morgan fingerprint density at radius 3 is 2.31 bits per heavy atom. The molecule has 4 nitrogen and oxygen atoms in total. The van der Waals surface area contributed by atoms with Crippen molar-refractivity contribution in [3.05, 3.63) is 59.1 Å². The van der Waals surface area contributed by atoms with Crippen LogP contribution in [0, 0.1) is 0 Å². The summed E-state index contributed by atoms with van der Waals surface area (Å²) >= 11 is 7.33. The molecule has 0 aliphatic rings. The van der Waals surface area contributed by atoms with Gasteiger partial charge in [-0.2, -0.15) is 0 Å². The highest BCUT2D eigenvalue weighted by Crippen LogP contribution is 2.26. The standard InChI is InChI=1S/C20H23ClN2O2S/c1-4-23(5-2)20(25)17-8-6-7-9-18(17)22-19(24)14(3)26-16-12-10-15(21)11-13-16/h6-14H,4-5H2,1-3H3,(H,22,24). The number of nitrogens with one attached hydrogen (secondary N) is 1. The lowest BCUT2D eigenvalue weighted by Gasteiger charge is -2.21. The monoisotopic (exact) mass is 390 g/mol. The number of halogens is 1. The summed E-state index contributed by atoms with van der Waals surface area (Å²) < 4.78 is 0. The molecule has 138 valence electrons. The van der Waals surface area contributed by atoms with Crippen LogP contribution in [0.15, 0.2) is 53.4 Å². The molecule has 0 spiro atoms. The Balaban J connectivity index is 2.11. The highest BCUT2D eigenvalue weighted by molar-refractivity contribution is 8.00. The van der Waals surface area contributed by atoms with Gasteiger partial charge in [0.05, 0.1) is 16.5 Å². The smallest absolute Gasteiger partial charge is 0.255 e. The van der Waals surface area contributed by atoms with Gasteiger partial charge in [0.1, 0.15) is 0 Å². The molecule has 1 N–H and O–H groups in total. The van der Waals surface area contributed by atoms with Crippen LogP contribution in [0.5, 0.6) is 0 Å². The third kappa shape index (κ3) is 5.26. The third-order valence-electron chi connectivity index (χ3n) is 3.96. The summed E-state index contributed by atoms with van der Waals surface area (Å²) in [6.45, 7) is 6.96. The predicted molar refractivity (Wildman–Crippen MR) is 109 cm³/mol. The quantitative estimate of drug-likeness (QED) is 0.681. The number of hydrogen-bond donors (Lipinski definition) is 1. The predicted octanol–water partition coefficient (Wildman–Crippen LogP) is 4.94. The van der Waals surface area contributed by atoms with Gasteiger partial charge in [-0.1, -0.05) is 23.7 Å². The number of nitrogens with zero attached hydrogens (tertiary/aromatic N) is 1. The van der Waals surface area contributed by atoms with E-state index >= 15 is 0 Å². The van der Waals surface area contributed by atoms with Gasteiger partial charge in [-0.05, 0) is 57.2 Å². The molecule has 0 bridgehead atoms. The Labute approximate surface area is 163 Å². The lowest BCUT2D eigenvalue weighted by Crippen LogP contribution is -2.32. The van der Waals surface area contributed by atoms with Crippen LogP contribution in [0.25, 0.3) is 0 Å². The number of amides is 2. The largest absolute Gasteiger partial charge is 0.339 e. The van der Waals surface area contributed by atoms with Gasteiger partial charge < -0.3 is 10.2 Å². The van der Waals surface area contributed by atoms with E-state index in [0.29, 0.717) is 29.4 Å². The average Bonchev–Trinajstić information content (AvgIpc) is 2.64. The maximum atomic E-state index is 12.7. The van der Waals surface area contributed by atoms with E-state index in [0.717, 1.165) is 4.90 Å². The van der Waals surface area contributed by atoms with Crippen molar-refractivity contribution in [2.45, 2.75) is 30.9 Å². The van der Waals surface area contributed by atoms with Crippen LogP contribution in [-0.4, -0.2) is 35.1 Å². The van der Waals surface area contributed by atoms with E-state index in [1.807, 2.05) is 39.0 Å². The van der Waals surface area contributed by atoms with Gasteiger partial charge in [0.2, 0.25) is 5.91 Å². The summed E-state index contributed by atoms with van der Waals surface area (Å²) in [6.07, 6.45) is 0. The van der Waals surface area contributed by atoms with Crippen LogP contribution in [0.3, 0.4) is 0 Å². The van der Waals surface area contributed by atoms with E-state index in [2.05, 4.69) is 5.32 Å². The summed E-state index contributed by atoms with van der Waals surface area (Å²) in [5.74, 6) is -0.228. The minimum atomic E-state index is -0.312. The van der Waals surface area contributed by atoms with Gasteiger partial charge in [0.15, 0.2) is 0 Å². The first-order chi connectivity index (χ1) is 12.5. The maximum Gasteiger partial charge on any atom is 0.255 e. The molecule has 1 atom stereocenters. The fourth-order valence-electron chi connectivity index (χ4n) is 2.46. The van der Waals surface area contributed by atoms with Crippen LogP contribution in [0.1, 0.15) is 31.1 Å². The summed E-state index contributed by atoms with van der Waals surface area (Å²) in [5, 5.41) is 3.24. The van der Waals surface area contributed by atoms with Gasteiger partial charge in [0.25, 0.3) is 5.91 Å². The first-order valence-electron chi connectivity index (χ1n) is 8.57. The molecule has 2 rings (SSSR count). The van der Waals surface area contributed by atoms with Crippen molar-refractivity contribution >= 4 is 40.9 Å². The van der Waals surface area contributed by atoms with Crippen molar-refractivity contribution in [3.8, 4) is 0 Å². The second-order valence-corrected chi connectivity index (χ2v) is 7.58. The molecular weight excluding hydrogens is 368 g/mol. The zero-order valence-electron chi connectivity index (χ0n) is 15.2. The van der Waals surface area contributed by atoms with Crippen molar-refractivity contribution in [3.63, 3.8) is 0 Å². The highest BCUT2D eigenvalue weighted by atomic mass is 35.5. The molecule has 2 amide bonds. The summed E-state index contributed by atoms with van der Waals surface area (Å²) in [5.41, 5.74) is 1.05. The Morgan fingerprint density at radius 2 is 1.69 bits per heavy atom. The number of rotatable bonds is 7. The van der Waals surface area contributed by atoms with Gasteiger partial charge in [-0.25, -0.2) is 0 Å². The molecule has 26 heavy (non-hydrogen) atoms. The number of anilines is 1. The SMILES string of the molecule is CCN(CC)C(=O)c1ccccc1NC(=O)C(C)Sc1ccc(Cl)cc1. The minimum Gasteiger partial charge on any atom is -0.339 e. The molecule has 0 radical (unpaired) electrons.